The van der Waals surface area contributed by atoms with Gasteiger partial charge in [0.05, 0.1) is 6.33 Å². The van der Waals surface area contributed by atoms with E-state index in [1.54, 1.807) is 11.6 Å². The normalized spacial score (nSPS) is 12.2. The van der Waals surface area contributed by atoms with Crippen LogP contribution in [-0.2, 0) is 17.1 Å². The van der Waals surface area contributed by atoms with Crippen molar-refractivity contribution in [2.45, 2.75) is 24.8 Å². The van der Waals surface area contributed by atoms with Gasteiger partial charge in [-0.05, 0) is 6.42 Å². The average molecular weight is 280 g/mol. The van der Waals surface area contributed by atoms with Gasteiger partial charge in [-0.15, -0.1) is 11.6 Å². The Morgan fingerprint density at radius 1 is 1.47 bits per heavy atom. The van der Waals surface area contributed by atoms with Crippen LogP contribution in [0.1, 0.15) is 19.8 Å². The third-order valence-electron chi connectivity index (χ3n) is 2.38. The molecule has 0 aliphatic carbocycles. The van der Waals surface area contributed by atoms with Crippen molar-refractivity contribution in [3.05, 3.63) is 12.5 Å². The number of nitrogens with zero attached hydrogens (tertiary/aromatic N) is 3. The molecule has 1 heterocycles. The first-order valence-corrected chi connectivity index (χ1v) is 7.54. The fraction of sp³-hybridized carbons (Fsp3) is 0.700. The summed E-state index contributed by atoms with van der Waals surface area (Å²) in [5.41, 5.74) is 0. The molecule has 5 nitrogen and oxygen atoms in total. The fourth-order valence-electron chi connectivity index (χ4n) is 1.44. The molecular weight excluding hydrogens is 262 g/mol. The van der Waals surface area contributed by atoms with Crippen LogP contribution < -0.4 is 0 Å². The smallest absolute Gasteiger partial charge is 0.262 e. The van der Waals surface area contributed by atoms with Crippen LogP contribution in [0.25, 0.3) is 0 Å². The lowest BCUT2D eigenvalue weighted by atomic mass is 10.3. The maximum Gasteiger partial charge on any atom is 0.262 e. The molecule has 0 aliphatic rings. The fourth-order valence-corrected chi connectivity index (χ4v) is 3.18. The van der Waals surface area contributed by atoms with Crippen LogP contribution in [-0.4, -0.2) is 41.2 Å². The molecule has 0 N–H and O–H groups in total. The van der Waals surface area contributed by atoms with E-state index in [0.717, 1.165) is 12.8 Å². The average Bonchev–Trinajstić information content (AvgIpc) is 2.71. The molecule has 0 fully saturated rings. The van der Waals surface area contributed by atoms with Crippen LogP contribution >= 0.6 is 11.6 Å². The van der Waals surface area contributed by atoms with Gasteiger partial charge in [-0.25, -0.2) is 13.4 Å². The second kappa shape index (κ2) is 6.37. The second-order valence-corrected chi connectivity index (χ2v) is 6.09. The van der Waals surface area contributed by atoms with E-state index in [1.807, 2.05) is 6.92 Å². The number of imidazole rings is 1. The van der Waals surface area contributed by atoms with Gasteiger partial charge >= 0.3 is 0 Å². The molecule has 98 valence electrons. The summed E-state index contributed by atoms with van der Waals surface area (Å²) in [4.78, 5) is 3.89. The van der Waals surface area contributed by atoms with Crippen molar-refractivity contribution in [3.63, 3.8) is 0 Å². The first kappa shape index (κ1) is 14.5. The van der Waals surface area contributed by atoms with Crippen LogP contribution in [0.5, 0.6) is 0 Å². The Bertz CT molecular complexity index is 444. The summed E-state index contributed by atoms with van der Waals surface area (Å²) in [7, 11) is -1.76. The van der Waals surface area contributed by atoms with Crippen molar-refractivity contribution in [2.24, 2.45) is 7.05 Å². The van der Waals surface area contributed by atoms with Gasteiger partial charge in [0.25, 0.3) is 10.0 Å². The lowest BCUT2D eigenvalue weighted by molar-refractivity contribution is 0.418. The summed E-state index contributed by atoms with van der Waals surface area (Å²) < 4.78 is 27.5. The van der Waals surface area contributed by atoms with E-state index >= 15 is 0 Å². The van der Waals surface area contributed by atoms with Crippen molar-refractivity contribution in [3.8, 4) is 0 Å². The van der Waals surface area contributed by atoms with E-state index in [9.17, 15) is 8.42 Å². The Kier molecular flexibility index (Phi) is 5.42. The van der Waals surface area contributed by atoms with Gasteiger partial charge in [0.2, 0.25) is 0 Å². The number of hydrogen-bond donors (Lipinski definition) is 0. The Morgan fingerprint density at radius 2 is 2.18 bits per heavy atom. The zero-order valence-electron chi connectivity index (χ0n) is 10.1. The summed E-state index contributed by atoms with van der Waals surface area (Å²) in [5, 5.41) is 0.0845. The Morgan fingerprint density at radius 3 is 2.65 bits per heavy atom. The Hall–Kier alpha value is -0.590. The van der Waals surface area contributed by atoms with Crippen molar-refractivity contribution in [2.75, 3.05) is 19.0 Å². The maximum atomic E-state index is 12.2. The van der Waals surface area contributed by atoms with Gasteiger partial charge < -0.3 is 4.57 Å². The van der Waals surface area contributed by atoms with Crippen molar-refractivity contribution >= 4 is 21.6 Å². The SMILES string of the molecule is CCCCN(CCCl)S(=O)(=O)c1cn(C)cn1. The Labute approximate surface area is 107 Å². The van der Waals surface area contributed by atoms with E-state index in [-0.39, 0.29) is 10.9 Å². The summed E-state index contributed by atoms with van der Waals surface area (Å²) in [6, 6.07) is 0. The number of rotatable bonds is 7. The molecule has 0 aliphatic heterocycles. The summed E-state index contributed by atoms with van der Waals surface area (Å²) in [6.07, 6.45) is 4.74. The highest BCUT2D eigenvalue weighted by molar-refractivity contribution is 7.89. The van der Waals surface area contributed by atoms with Crippen LogP contribution in [0.2, 0.25) is 0 Å². The van der Waals surface area contributed by atoms with Gasteiger partial charge in [-0.1, -0.05) is 13.3 Å². The molecule has 1 aromatic heterocycles. The van der Waals surface area contributed by atoms with E-state index < -0.39 is 10.0 Å². The monoisotopic (exact) mass is 279 g/mol. The molecule has 0 saturated heterocycles. The predicted octanol–water partition coefficient (Wildman–Crippen LogP) is 1.45. The number of unbranched alkanes of at least 4 members (excludes halogenated alkanes) is 1. The van der Waals surface area contributed by atoms with E-state index in [2.05, 4.69) is 4.98 Å². The lowest BCUT2D eigenvalue weighted by Gasteiger charge is -2.19. The number of aromatic nitrogens is 2. The molecule has 0 saturated carbocycles. The minimum atomic E-state index is -3.50. The lowest BCUT2D eigenvalue weighted by Crippen LogP contribution is -2.34. The van der Waals surface area contributed by atoms with Crippen LogP contribution in [0.15, 0.2) is 17.6 Å². The molecule has 1 aromatic rings. The highest BCUT2D eigenvalue weighted by Gasteiger charge is 2.25. The molecule has 0 unspecified atom stereocenters. The van der Waals surface area contributed by atoms with Gasteiger partial charge in [0.15, 0.2) is 5.03 Å². The van der Waals surface area contributed by atoms with E-state index in [4.69, 9.17) is 11.6 Å². The maximum absolute atomic E-state index is 12.2. The number of sulfonamides is 1. The highest BCUT2D eigenvalue weighted by atomic mass is 35.5. The molecule has 1 rings (SSSR count). The number of hydrogen-bond acceptors (Lipinski definition) is 3. The van der Waals surface area contributed by atoms with E-state index in [1.165, 1.54) is 16.8 Å². The van der Waals surface area contributed by atoms with Crippen molar-refractivity contribution < 1.29 is 8.42 Å². The summed E-state index contributed by atoms with van der Waals surface area (Å²) in [6.45, 7) is 2.83. The molecule has 0 spiro atoms. The number of halogens is 1. The highest BCUT2D eigenvalue weighted by Crippen LogP contribution is 2.13. The first-order chi connectivity index (χ1) is 8.02. The van der Waals surface area contributed by atoms with Crippen LogP contribution in [0.3, 0.4) is 0 Å². The molecule has 7 heteroatoms. The number of aryl methyl sites for hydroxylation is 1. The van der Waals surface area contributed by atoms with E-state index in [0.29, 0.717) is 13.1 Å². The van der Waals surface area contributed by atoms with Gasteiger partial charge in [0.1, 0.15) is 0 Å². The third kappa shape index (κ3) is 3.69. The molecular formula is C10H18ClN3O2S. The predicted molar refractivity (Wildman–Crippen MR) is 67.6 cm³/mol. The number of alkyl halides is 1. The first-order valence-electron chi connectivity index (χ1n) is 5.56. The quantitative estimate of drug-likeness (QED) is 0.710. The third-order valence-corrected chi connectivity index (χ3v) is 4.33. The topological polar surface area (TPSA) is 55.2 Å². The molecule has 17 heavy (non-hydrogen) atoms. The summed E-state index contributed by atoms with van der Waals surface area (Å²) >= 11 is 5.64. The van der Waals surface area contributed by atoms with Crippen molar-refractivity contribution in [1.82, 2.24) is 13.9 Å². The molecule has 0 bridgehead atoms. The van der Waals surface area contributed by atoms with Gasteiger partial charge in [-0.2, -0.15) is 4.31 Å². The minimum absolute atomic E-state index is 0.0845. The minimum Gasteiger partial charge on any atom is -0.339 e. The van der Waals surface area contributed by atoms with Gasteiger partial charge in [-0.3, -0.25) is 0 Å². The molecule has 0 radical (unpaired) electrons. The largest absolute Gasteiger partial charge is 0.339 e. The second-order valence-electron chi connectivity index (χ2n) is 3.82. The van der Waals surface area contributed by atoms with Crippen LogP contribution in [0.4, 0.5) is 0 Å². The van der Waals surface area contributed by atoms with Gasteiger partial charge in [0, 0.05) is 32.2 Å². The molecule has 0 amide bonds. The molecule has 0 aromatic carbocycles. The zero-order chi connectivity index (χ0) is 12.9. The van der Waals surface area contributed by atoms with Crippen LogP contribution in [0, 0.1) is 0 Å². The Balaban J connectivity index is 2.91. The molecule has 0 atom stereocenters. The summed E-state index contributed by atoms with van der Waals surface area (Å²) in [5.74, 6) is 0.287. The zero-order valence-corrected chi connectivity index (χ0v) is 11.7. The van der Waals surface area contributed by atoms with Crippen molar-refractivity contribution in [1.29, 1.82) is 0 Å². The standard InChI is InChI=1S/C10H18ClN3O2S/c1-3-4-6-14(7-5-11)17(15,16)10-8-13(2)9-12-10/h8-9H,3-7H2,1-2H3.